The Labute approximate surface area is 61.4 Å². The van der Waals surface area contributed by atoms with Gasteiger partial charge in [0.2, 0.25) is 11.6 Å². The summed E-state index contributed by atoms with van der Waals surface area (Å²) in [5, 5.41) is 13.0. The summed E-state index contributed by atoms with van der Waals surface area (Å²) in [6.07, 6.45) is 1.38. The summed E-state index contributed by atoms with van der Waals surface area (Å²) in [7, 11) is 0. The second kappa shape index (κ2) is 3.25. The van der Waals surface area contributed by atoms with E-state index < -0.39 is 0 Å². The molecule has 0 atom stereocenters. The van der Waals surface area contributed by atoms with E-state index in [1.54, 1.807) is 0 Å². The van der Waals surface area contributed by atoms with E-state index in [4.69, 9.17) is 11.7 Å². The largest absolute Gasteiger partial charge is 0.326 e. The molecule has 0 unspecified atom stereocenters. The lowest BCUT2D eigenvalue weighted by molar-refractivity contribution is 1.02. The number of hydrogen-bond acceptors (Lipinski definition) is 5. The predicted octanol–water partition coefficient (Wildman–Crippen LogP) is 0.325. The molecule has 0 aliphatic carbocycles. The van der Waals surface area contributed by atoms with Crippen LogP contribution in [0.5, 0.6) is 0 Å². The molecule has 0 amide bonds. The van der Waals surface area contributed by atoms with E-state index in [-0.39, 0.29) is 5.82 Å². The molecule has 0 aromatic carbocycles. The highest BCUT2D eigenvalue weighted by atomic mass is 15.4. The monoisotopic (exact) mass is 154 g/mol. The van der Waals surface area contributed by atoms with Gasteiger partial charge in [-0.05, 0) is 0 Å². The zero-order valence-electron chi connectivity index (χ0n) is 5.47. The third-order valence-electron chi connectivity index (χ3n) is 0.910. The molecule has 1 heterocycles. The fourth-order valence-electron chi connectivity index (χ4n) is 0.539. The smallest absolute Gasteiger partial charge is 0.222 e. The first-order valence-corrected chi connectivity index (χ1v) is 2.63. The average molecular weight is 154 g/mol. The van der Waals surface area contributed by atoms with Gasteiger partial charge >= 0.3 is 0 Å². The summed E-state index contributed by atoms with van der Waals surface area (Å²) in [5.41, 5.74) is 0. The lowest BCUT2D eigenvalue weighted by atomic mass is 10.7. The summed E-state index contributed by atoms with van der Waals surface area (Å²) >= 11 is 0. The van der Waals surface area contributed by atoms with Gasteiger partial charge in [0.05, 0.1) is 6.33 Å². The summed E-state index contributed by atoms with van der Waals surface area (Å²) in [4.78, 5) is 6.35. The van der Waals surface area contributed by atoms with Crippen molar-refractivity contribution >= 4 is 11.6 Å². The molecule has 11 heavy (non-hydrogen) atoms. The van der Waals surface area contributed by atoms with E-state index in [0.29, 0.717) is 5.82 Å². The Bertz CT molecular complexity index is 244. The summed E-state index contributed by atoms with van der Waals surface area (Å²) in [6.45, 7) is 0. The van der Waals surface area contributed by atoms with Crippen molar-refractivity contribution in [1.82, 2.24) is 9.97 Å². The van der Waals surface area contributed by atoms with Crippen molar-refractivity contribution in [3.05, 3.63) is 6.33 Å². The van der Waals surface area contributed by atoms with Gasteiger partial charge in [-0.3, -0.25) is 0 Å². The van der Waals surface area contributed by atoms with Crippen LogP contribution in [0.25, 0.3) is 0 Å². The highest BCUT2D eigenvalue weighted by Crippen LogP contribution is 2.21. The van der Waals surface area contributed by atoms with Gasteiger partial charge in [-0.25, -0.2) is 4.98 Å². The van der Waals surface area contributed by atoms with Crippen LogP contribution in [0.4, 0.5) is 11.6 Å². The summed E-state index contributed by atoms with van der Waals surface area (Å²) in [6, 6.07) is 0. The maximum absolute atomic E-state index is 4.79. The zero-order valence-corrected chi connectivity index (χ0v) is 5.47. The minimum atomic E-state index is 0.252. The van der Waals surface area contributed by atoms with Gasteiger partial charge in [0.1, 0.15) is 0 Å². The van der Waals surface area contributed by atoms with Gasteiger partial charge < -0.3 is 16.7 Å². The Morgan fingerprint density at radius 3 is 2.64 bits per heavy atom. The van der Waals surface area contributed by atoms with Crippen molar-refractivity contribution in [1.29, 1.82) is 0 Å². The third kappa shape index (κ3) is 1.47. The lowest BCUT2D eigenvalue weighted by Gasteiger charge is -1.83. The molecule has 5 N–H and O–H groups in total. The predicted molar refractivity (Wildman–Crippen MR) is 36.0 cm³/mol. The maximum Gasteiger partial charge on any atom is 0.222 e. The first-order chi connectivity index (χ1) is 5.38. The Morgan fingerprint density at radius 2 is 2.00 bits per heavy atom. The van der Waals surface area contributed by atoms with Crippen LogP contribution >= 0.6 is 0 Å². The molecule has 0 bridgehead atoms. The van der Waals surface area contributed by atoms with Crippen LogP contribution in [0.2, 0.25) is 0 Å². The van der Waals surface area contributed by atoms with Crippen LogP contribution in [0.1, 0.15) is 0 Å². The average Bonchev–Trinajstić information content (AvgIpc) is 2.39. The summed E-state index contributed by atoms with van der Waals surface area (Å²) in [5.74, 6) is 10.2. The van der Waals surface area contributed by atoms with E-state index in [9.17, 15) is 0 Å². The standard InChI is InChI=1S/C3H6N8/c4-10-8-2-3(9-11-5)7-1-6-2/h1H,(H2,4,8)(H2,5,9)(H,6,7). The minimum absolute atomic E-state index is 0.252. The van der Waals surface area contributed by atoms with Crippen LogP contribution in [-0.2, 0) is 0 Å². The zero-order chi connectivity index (χ0) is 8.10. The molecule has 0 aliphatic heterocycles. The van der Waals surface area contributed by atoms with Crippen LogP contribution in [0.3, 0.4) is 0 Å². The molecule has 0 radical (unpaired) electrons. The normalized spacial score (nSPS) is 11.6. The number of nitrogens with zero attached hydrogens (tertiary/aromatic N) is 5. The first-order valence-electron chi connectivity index (χ1n) is 2.63. The van der Waals surface area contributed by atoms with Gasteiger partial charge in [-0.1, -0.05) is 10.4 Å². The van der Waals surface area contributed by atoms with Crippen LogP contribution in [-0.4, -0.2) is 9.97 Å². The van der Waals surface area contributed by atoms with E-state index in [1.807, 2.05) is 0 Å². The molecule has 0 saturated heterocycles. The Morgan fingerprint density at radius 1 is 1.27 bits per heavy atom. The van der Waals surface area contributed by atoms with E-state index in [1.165, 1.54) is 6.33 Å². The molecule has 1 aromatic rings. The third-order valence-corrected chi connectivity index (χ3v) is 0.910. The second-order valence-electron chi connectivity index (χ2n) is 1.51. The van der Waals surface area contributed by atoms with Gasteiger partial charge in [0, 0.05) is 0 Å². The molecule has 1 aromatic heterocycles. The van der Waals surface area contributed by atoms with Gasteiger partial charge in [0.25, 0.3) is 0 Å². The SMILES string of the molecule is NN=Nc1nc[nH]c1N=NN. The second-order valence-corrected chi connectivity index (χ2v) is 1.51. The molecule has 0 spiro atoms. The molecule has 0 fully saturated rings. The fraction of sp³-hybridized carbons (Fsp3) is 0. The molecule has 0 aliphatic rings. The number of aromatic nitrogens is 2. The molecule has 0 saturated carbocycles. The van der Waals surface area contributed by atoms with Crippen molar-refractivity contribution < 1.29 is 0 Å². The summed E-state index contributed by atoms with van der Waals surface area (Å²) < 4.78 is 0. The van der Waals surface area contributed by atoms with E-state index in [0.717, 1.165) is 0 Å². The minimum Gasteiger partial charge on any atom is -0.326 e. The Hall–Kier alpha value is -1.99. The van der Waals surface area contributed by atoms with Gasteiger partial charge in [0.15, 0.2) is 0 Å². The van der Waals surface area contributed by atoms with E-state index in [2.05, 4.69) is 30.6 Å². The topological polar surface area (TPSA) is 130 Å². The van der Waals surface area contributed by atoms with Crippen molar-refractivity contribution in [3.63, 3.8) is 0 Å². The van der Waals surface area contributed by atoms with Crippen molar-refractivity contribution in [2.75, 3.05) is 0 Å². The molecular weight excluding hydrogens is 148 g/mol. The molecular formula is C3H6N8. The number of hydrogen-bond donors (Lipinski definition) is 3. The number of imidazole rings is 1. The van der Waals surface area contributed by atoms with Gasteiger partial charge in [-0.2, -0.15) is 0 Å². The lowest BCUT2D eigenvalue weighted by Crippen LogP contribution is -1.75. The molecule has 8 heteroatoms. The maximum atomic E-state index is 4.79. The Kier molecular flexibility index (Phi) is 2.10. The number of H-pyrrole nitrogens is 1. The number of nitrogens with two attached hydrogens (primary N) is 2. The first kappa shape index (κ1) is 7.12. The number of nitrogens with one attached hydrogen (secondary N) is 1. The fourth-order valence-corrected chi connectivity index (χ4v) is 0.539. The van der Waals surface area contributed by atoms with Crippen LogP contribution in [0.15, 0.2) is 27.0 Å². The highest BCUT2D eigenvalue weighted by molar-refractivity contribution is 5.49. The van der Waals surface area contributed by atoms with Gasteiger partial charge in [-0.15, -0.1) is 10.2 Å². The van der Waals surface area contributed by atoms with Crippen LogP contribution in [0, 0.1) is 0 Å². The van der Waals surface area contributed by atoms with Crippen molar-refractivity contribution in [2.24, 2.45) is 32.4 Å². The quantitative estimate of drug-likeness (QED) is 0.322. The highest BCUT2D eigenvalue weighted by Gasteiger charge is 2.01. The van der Waals surface area contributed by atoms with Crippen molar-refractivity contribution in [3.8, 4) is 0 Å². The molecule has 58 valence electrons. The van der Waals surface area contributed by atoms with Crippen molar-refractivity contribution in [2.45, 2.75) is 0 Å². The van der Waals surface area contributed by atoms with E-state index >= 15 is 0 Å². The van der Waals surface area contributed by atoms with Crippen LogP contribution < -0.4 is 11.7 Å². The number of rotatable bonds is 2. The molecule has 1 rings (SSSR count). The molecule has 8 nitrogen and oxygen atoms in total. The Balaban J connectivity index is 2.95. The number of aromatic amines is 1.